The van der Waals surface area contributed by atoms with Gasteiger partial charge in [0.15, 0.2) is 6.29 Å². The number of rotatable bonds is 4. The lowest BCUT2D eigenvalue weighted by Gasteiger charge is -2.36. The molecule has 156 valence electrons. The molecule has 1 aromatic heterocycles. The molecule has 1 aliphatic rings. The van der Waals surface area contributed by atoms with Crippen molar-refractivity contribution in [1.29, 1.82) is 0 Å². The Balaban J connectivity index is 1.51. The van der Waals surface area contributed by atoms with Crippen LogP contribution < -0.4 is 16.0 Å². The van der Waals surface area contributed by atoms with Gasteiger partial charge >= 0.3 is 0 Å². The zero-order valence-corrected chi connectivity index (χ0v) is 18.2. The van der Waals surface area contributed by atoms with Crippen LogP contribution in [0.15, 0.2) is 36.4 Å². The van der Waals surface area contributed by atoms with Gasteiger partial charge in [-0.15, -0.1) is 0 Å². The highest BCUT2D eigenvalue weighted by molar-refractivity contribution is 5.85. The van der Waals surface area contributed by atoms with Crippen LogP contribution in [0.2, 0.25) is 0 Å². The molecule has 6 heteroatoms. The second kappa shape index (κ2) is 8.03. The molecule has 0 saturated carbocycles. The molecular weight excluding hydrogens is 374 g/mol. The monoisotopic (exact) mass is 403 g/mol. The van der Waals surface area contributed by atoms with E-state index in [0.717, 1.165) is 22.2 Å². The van der Waals surface area contributed by atoms with Crippen LogP contribution in [0.4, 0.5) is 5.95 Å². The molecule has 6 nitrogen and oxygen atoms in total. The van der Waals surface area contributed by atoms with E-state index in [1.807, 2.05) is 19.1 Å². The fourth-order valence-electron chi connectivity index (χ4n) is 4.25. The first-order chi connectivity index (χ1) is 14.3. The standard InChI is InChI=1S/C24H29N5O/c1-13-10-15(3)21-19(11-13)16(4)25-23(27-21)29-24-26-17(5)20(22(30)28-24)12-18-9-7-6-8-14(18)2/h6-11,17,20,24,26H,12H2,1-5H3,(H,28,30)(H,25,27,29). The van der Waals surface area contributed by atoms with Crippen LogP contribution in [0, 0.1) is 33.6 Å². The average molecular weight is 404 g/mol. The van der Waals surface area contributed by atoms with Crippen molar-refractivity contribution in [2.75, 3.05) is 5.32 Å². The molecule has 2 heterocycles. The lowest BCUT2D eigenvalue weighted by atomic mass is 9.89. The number of carbonyl (C=O) groups excluding carboxylic acids is 1. The smallest absolute Gasteiger partial charge is 0.227 e. The van der Waals surface area contributed by atoms with Gasteiger partial charge in [0.1, 0.15) is 0 Å². The van der Waals surface area contributed by atoms with Crippen molar-refractivity contribution < 1.29 is 4.79 Å². The maximum absolute atomic E-state index is 12.9. The molecule has 1 saturated heterocycles. The predicted octanol–water partition coefficient (Wildman–Crippen LogP) is 3.53. The quantitative estimate of drug-likeness (QED) is 0.621. The fourth-order valence-corrected chi connectivity index (χ4v) is 4.25. The summed E-state index contributed by atoms with van der Waals surface area (Å²) in [6, 6.07) is 12.5. The van der Waals surface area contributed by atoms with Crippen LogP contribution in [0.5, 0.6) is 0 Å². The van der Waals surface area contributed by atoms with E-state index in [0.29, 0.717) is 12.4 Å². The first-order valence-corrected chi connectivity index (χ1v) is 10.4. The van der Waals surface area contributed by atoms with Crippen molar-refractivity contribution in [2.45, 2.75) is 53.4 Å². The second-order valence-electron chi connectivity index (χ2n) is 8.39. The van der Waals surface area contributed by atoms with Crippen LogP contribution >= 0.6 is 0 Å². The van der Waals surface area contributed by atoms with Gasteiger partial charge < -0.3 is 10.6 Å². The summed E-state index contributed by atoms with van der Waals surface area (Å²) < 4.78 is 0. The third-order valence-electron chi connectivity index (χ3n) is 5.96. The van der Waals surface area contributed by atoms with Gasteiger partial charge in [-0.3, -0.25) is 10.1 Å². The van der Waals surface area contributed by atoms with Crippen molar-refractivity contribution in [3.8, 4) is 0 Å². The first-order valence-electron chi connectivity index (χ1n) is 10.4. The highest BCUT2D eigenvalue weighted by Crippen LogP contribution is 2.23. The van der Waals surface area contributed by atoms with Gasteiger partial charge in [0.2, 0.25) is 11.9 Å². The minimum Gasteiger partial charge on any atom is -0.323 e. The van der Waals surface area contributed by atoms with E-state index in [2.05, 4.69) is 72.9 Å². The molecule has 0 spiro atoms. The van der Waals surface area contributed by atoms with Crippen molar-refractivity contribution >= 4 is 22.8 Å². The number of anilines is 1. The number of hydrogen-bond donors (Lipinski definition) is 3. The zero-order chi connectivity index (χ0) is 21.4. The number of hydrogen-bond acceptors (Lipinski definition) is 5. The van der Waals surface area contributed by atoms with Crippen molar-refractivity contribution in [2.24, 2.45) is 5.92 Å². The van der Waals surface area contributed by atoms with Crippen molar-refractivity contribution in [1.82, 2.24) is 20.6 Å². The predicted molar refractivity (Wildman–Crippen MR) is 120 cm³/mol. The number of nitrogens with one attached hydrogen (secondary N) is 3. The summed E-state index contributed by atoms with van der Waals surface area (Å²) in [6.45, 7) is 10.3. The second-order valence-corrected chi connectivity index (χ2v) is 8.39. The van der Waals surface area contributed by atoms with Crippen LogP contribution in [0.25, 0.3) is 10.9 Å². The minimum atomic E-state index is -0.414. The summed E-state index contributed by atoms with van der Waals surface area (Å²) in [5.74, 6) is 0.411. The summed E-state index contributed by atoms with van der Waals surface area (Å²) >= 11 is 0. The van der Waals surface area contributed by atoms with Gasteiger partial charge in [0.05, 0.1) is 17.1 Å². The number of carbonyl (C=O) groups is 1. The Morgan fingerprint density at radius 3 is 2.53 bits per heavy atom. The summed E-state index contributed by atoms with van der Waals surface area (Å²) in [6.07, 6.45) is 0.298. The molecule has 3 N–H and O–H groups in total. The maximum atomic E-state index is 12.9. The number of aryl methyl sites for hydroxylation is 4. The van der Waals surface area contributed by atoms with Gasteiger partial charge in [-0.1, -0.05) is 35.9 Å². The fraction of sp³-hybridized carbons (Fsp3) is 0.375. The molecule has 0 aliphatic carbocycles. The lowest BCUT2D eigenvalue weighted by Crippen LogP contribution is -2.63. The number of benzene rings is 2. The van der Waals surface area contributed by atoms with Gasteiger partial charge in [-0.05, 0) is 63.8 Å². The first kappa shape index (κ1) is 20.3. The van der Waals surface area contributed by atoms with E-state index >= 15 is 0 Å². The summed E-state index contributed by atoms with van der Waals surface area (Å²) in [5, 5.41) is 10.8. The highest BCUT2D eigenvalue weighted by atomic mass is 16.2. The van der Waals surface area contributed by atoms with Crippen LogP contribution in [0.3, 0.4) is 0 Å². The van der Waals surface area contributed by atoms with Gasteiger partial charge in [-0.25, -0.2) is 9.97 Å². The number of amides is 1. The lowest BCUT2D eigenvalue weighted by molar-refractivity contribution is -0.128. The van der Waals surface area contributed by atoms with Crippen LogP contribution in [0.1, 0.15) is 34.9 Å². The Kier molecular flexibility index (Phi) is 5.43. The molecule has 30 heavy (non-hydrogen) atoms. The van der Waals surface area contributed by atoms with Crippen molar-refractivity contribution in [3.63, 3.8) is 0 Å². The maximum Gasteiger partial charge on any atom is 0.227 e. The molecule has 1 fully saturated rings. The van der Waals surface area contributed by atoms with Gasteiger partial charge in [-0.2, -0.15) is 0 Å². The Labute approximate surface area is 177 Å². The van der Waals surface area contributed by atoms with E-state index in [1.54, 1.807) is 0 Å². The Bertz CT molecular complexity index is 1110. The molecule has 0 bridgehead atoms. The minimum absolute atomic E-state index is 0.0156. The molecule has 3 atom stereocenters. The zero-order valence-electron chi connectivity index (χ0n) is 18.2. The third-order valence-corrected chi connectivity index (χ3v) is 5.96. The van der Waals surface area contributed by atoms with E-state index < -0.39 is 6.29 Å². The number of fused-ring (bicyclic) bond motifs is 1. The molecule has 0 radical (unpaired) electrons. The molecule has 2 aromatic carbocycles. The van der Waals surface area contributed by atoms with Crippen LogP contribution in [-0.4, -0.2) is 28.2 Å². The molecule has 1 aliphatic heterocycles. The average Bonchev–Trinajstić information content (AvgIpc) is 2.67. The third kappa shape index (κ3) is 4.00. The van der Waals surface area contributed by atoms with E-state index in [-0.39, 0.29) is 17.9 Å². The largest absolute Gasteiger partial charge is 0.323 e. The molecule has 4 rings (SSSR count). The van der Waals surface area contributed by atoms with Crippen LogP contribution in [-0.2, 0) is 11.2 Å². The normalized spacial score (nSPS) is 21.5. The molecule has 3 unspecified atom stereocenters. The SMILES string of the molecule is Cc1cc(C)c2nc(NC3NC(=O)C(Cc4ccccc4C)C(C)N3)nc(C)c2c1. The number of aromatic nitrogens is 2. The Morgan fingerprint density at radius 2 is 1.80 bits per heavy atom. The topological polar surface area (TPSA) is 78.9 Å². The molecule has 1 amide bonds. The van der Waals surface area contributed by atoms with E-state index in [1.165, 1.54) is 16.7 Å². The summed E-state index contributed by atoms with van der Waals surface area (Å²) in [4.78, 5) is 22.2. The Morgan fingerprint density at radius 1 is 1.03 bits per heavy atom. The summed E-state index contributed by atoms with van der Waals surface area (Å²) in [7, 11) is 0. The molecule has 3 aromatic rings. The summed E-state index contributed by atoms with van der Waals surface area (Å²) in [5.41, 5.74) is 6.58. The molecular formula is C24H29N5O. The van der Waals surface area contributed by atoms with E-state index in [4.69, 9.17) is 4.98 Å². The highest BCUT2D eigenvalue weighted by Gasteiger charge is 2.34. The van der Waals surface area contributed by atoms with Crippen molar-refractivity contribution in [3.05, 3.63) is 64.3 Å². The Hall–Kier alpha value is -2.99. The van der Waals surface area contributed by atoms with E-state index in [9.17, 15) is 4.79 Å². The number of nitrogens with zero attached hydrogens (tertiary/aromatic N) is 2. The van der Waals surface area contributed by atoms with Gasteiger partial charge in [0.25, 0.3) is 0 Å². The van der Waals surface area contributed by atoms with Gasteiger partial charge in [0, 0.05) is 11.4 Å².